The first-order valence-electron chi connectivity index (χ1n) is 5.99. The number of nitrogen functional groups attached to an aromatic ring is 1. The van der Waals surface area contributed by atoms with Gasteiger partial charge in [-0.2, -0.15) is 0 Å². The number of anilines is 1. The summed E-state index contributed by atoms with van der Waals surface area (Å²) in [7, 11) is 1.63. The lowest BCUT2D eigenvalue weighted by Crippen LogP contribution is -2.43. The Morgan fingerprint density at radius 2 is 2.33 bits per heavy atom. The van der Waals surface area contributed by atoms with E-state index in [0.717, 1.165) is 12.8 Å². The minimum Gasteiger partial charge on any atom is -0.399 e. The molecule has 1 saturated heterocycles. The van der Waals surface area contributed by atoms with Crippen LogP contribution in [0.15, 0.2) is 18.2 Å². The summed E-state index contributed by atoms with van der Waals surface area (Å²) >= 11 is 0. The summed E-state index contributed by atoms with van der Waals surface area (Å²) in [6.45, 7) is 1.15. The van der Waals surface area contributed by atoms with Gasteiger partial charge in [0.15, 0.2) is 0 Å². The van der Waals surface area contributed by atoms with E-state index in [0.29, 0.717) is 18.8 Å². The Hall–Kier alpha value is -1.62. The van der Waals surface area contributed by atoms with Crippen molar-refractivity contribution in [3.05, 3.63) is 29.6 Å². The molecular formula is C13H17FN2O2. The smallest absolute Gasteiger partial charge is 0.256 e. The molecule has 1 atom stereocenters. The number of piperidine rings is 1. The molecule has 1 aliphatic heterocycles. The maximum atomic E-state index is 13.7. The van der Waals surface area contributed by atoms with E-state index in [2.05, 4.69) is 0 Å². The van der Waals surface area contributed by atoms with Crippen molar-refractivity contribution >= 4 is 11.6 Å². The van der Waals surface area contributed by atoms with Crippen LogP contribution in [0.4, 0.5) is 10.1 Å². The minimum atomic E-state index is -0.570. The molecule has 1 aromatic carbocycles. The van der Waals surface area contributed by atoms with Gasteiger partial charge in [0.1, 0.15) is 5.82 Å². The monoisotopic (exact) mass is 252 g/mol. The number of likely N-dealkylation sites (tertiary alicyclic amines) is 1. The average molecular weight is 252 g/mol. The second kappa shape index (κ2) is 5.35. The summed E-state index contributed by atoms with van der Waals surface area (Å²) in [5.74, 6) is -0.867. The molecule has 1 unspecified atom stereocenters. The molecule has 4 nitrogen and oxygen atoms in total. The van der Waals surface area contributed by atoms with Crippen molar-refractivity contribution in [2.45, 2.75) is 18.9 Å². The van der Waals surface area contributed by atoms with Gasteiger partial charge in [-0.1, -0.05) is 0 Å². The maximum Gasteiger partial charge on any atom is 0.256 e. The summed E-state index contributed by atoms with van der Waals surface area (Å²) in [6, 6.07) is 4.14. The Kier molecular flexibility index (Phi) is 3.81. The first-order chi connectivity index (χ1) is 8.61. The number of nitrogens with zero attached hydrogens (tertiary/aromatic N) is 1. The third kappa shape index (κ3) is 2.61. The fourth-order valence-electron chi connectivity index (χ4n) is 2.19. The third-order valence-corrected chi connectivity index (χ3v) is 3.22. The van der Waals surface area contributed by atoms with Crippen LogP contribution in [-0.4, -0.2) is 37.1 Å². The summed E-state index contributed by atoms with van der Waals surface area (Å²) in [4.78, 5) is 13.8. The minimum absolute atomic E-state index is 0.0412. The molecule has 0 aliphatic carbocycles. The van der Waals surface area contributed by atoms with Gasteiger partial charge in [0.2, 0.25) is 0 Å². The van der Waals surface area contributed by atoms with Crippen LogP contribution in [0.2, 0.25) is 0 Å². The number of halogens is 1. The highest BCUT2D eigenvalue weighted by molar-refractivity contribution is 5.94. The van der Waals surface area contributed by atoms with E-state index in [-0.39, 0.29) is 17.6 Å². The Labute approximate surface area is 106 Å². The van der Waals surface area contributed by atoms with Crippen LogP contribution in [0.3, 0.4) is 0 Å². The second-order valence-corrected chi connectivity index (χ2v) is 4.49. The van der Waals surface area contributed by atoms with Crippen molar-refractivity contribution in [1.29, 1.82) is 0 Å². The Morgan fingerprint density at radius 3 is 3.00 bits per heavy atom. The van der Waals surface area contributed by atoms with Crippen LogP contribution in [0.5, 0.6) is 0 Å². The highest BCUT2D eigenvalue weighted by atomic mass is 19.1. The zero-order chi connectivity index (χ0) is 13.1. The zero-order valence-corrected chi connectivity index (χ0v) is 10.4. The number of benzene rings is 1. The van der Waals surface area contributed by atoms with Gasteiger partial charge >= 0.3 is 0 Å². The average Bonchev–Trinajstić information content (AvgIpc) is 2.38. The molecule has 0 spiro atoms. The lowest BCUT2D eigenvalue weighted by Gasteiger charge is -2.32. The molecule has 1 aromatic rings. The molecule has 98 valence electrons. The predicted molar refractivity (Wildman–Crippen MR) is 66.7 cm³/mol. The second-order valence-electron chi connectivity index (χ2n) is 4.49. The van der Waals surface area contributed by atoms with Gasteiger partial charge in [0, 0.05) is 25.9 Å². The number of carbonyl (C=O) groups excluding carboxylic acids is 1. The van der Waals surface area contributed by atoms with E-state index in [1.54, 1.807) is 12.0 Å². The predicted octanol–water partition coefficient (Wildman–Crippen LogP) is 1.66. The lowest BCUT2D eigenvalue weighted by atomic mass is 10.1. The topological polar surface area (TPSA) is 55.6 Å². The fourth-order valence-corrected chi connectivity index (χ4v) is 2.19. The van der Waals surface area contributed by atoms with Crippen LogP contribution in [0.1, 0.15) is 23.2 Å². The molecule has 1 amide bonds. The van der Waals surface area contributed by atoms with Crippen LogP contribution >= 0.6 is 0 Å². The third-order valence-electron chi connectivity index (χ3n) is 3.22. The van der Waals surface area contributed by atoms with E-state index in [4.69, 9.17) is 10.5 Å². The number of methoxy groups -OCH3 is 1. The van der Waals surface area contributed by atoms with Gasteiger partial charge in [-0.05, 0) is 31.0 Å². The molecule has 1 heterocycles. The number of amides is 1. The van der Waals surface area contributed by atoms with Crippen molar-refractivity contribution in [2.24, 2.45) is 0 Å². The van der Waals surface area contributed by atoms with Gasteiger partial charge in [0.25, 0.3) is 5.91 Å². The molecule has 18 heavy (non-hydrogen) atoms. The van der Waals surface area contributed by atoms with Gasteiger partial charge in [-0.15, -0.1) is 0 Å². The van der Waals surface area contributed by atoms with Gasteiger partial charge in [-0.3, -0.25) is 4.79 Å². The molecule has 1 aliphatic rings. The molecular weight excluding hydrogens is 235 g/mol. The first-order valence-corrected chi connectivity index (χ1v) is 5.99. The number of hydrogen-bond acceptors (Lipinski definition) is 3. The molecule has 1 fully saturated rings. The molecule has 2 N–H and O–H groups in total. The highest BCUT2D eigenvalue weighted by Gasteiger charge is 2.25. The molecule has 5 heteroatoms. The lowest BCUT2D eigenvalue weighted by molar-refractivity contribution is 0.0266. The molecule has 0 saturated carbocycles. The molecule has 2 rings (SSSR count). The SMILES string of the molecule is COC1CCCN(C(=O)c2ccc(N)cc2F)C1. The summed E-state index contributed by atoms with van der Waals surface area (Å²) in [5.41, 5.74) is 5.85. The van der Waals surface area contributed by atoms with Gasteiger partial charge in [0.05, 0.1) is 11.7 Å². The van der Waals surface area contributed by atoms with Gasteiger partial charge in [-0.25, -0.2) is 4.39 Å². The van der Waals surface area contributed by atoms with Crippen molar-refractivity contribution in [1.82, 2.24) is 4.90 Å². The Morgan fingerprint density at radius 1 is 1.56 bits per heavy atom. The van der Waals surface area contributed by atoms with Crippen molar-refractivity contribution in [2.75, 3.05) is 25.9 Å². The van der Waals surface area contributed by atoms with E-state index in [1.807, 2.05) is 0 Å². The van der Waals surface area contributed by atoms with Crippen LogP contribution in [-0.2, 0) is 4.74 Å². The normalized spacial score (nSPS) is 19.9. The van der Waals surface area contributed by atoms with Crippen molar-refractivity contribution in [3.63, 3.8) is 0 Å². The summed E-state index contributed by atoms with van der Waals surface area (Å²) in [6.07, 6.45) is 1.85. The van der Waals surface area contributed by atoms with Crippen LogP contribution in [0.25, 0.3) is 0 Å². The summed E-state index contributed by atoms with van der Waals surface area (Å²) < 4.78 is 18.9. The van der Waals surface area contributed by atoms with Crippen molar-refractivity contribution < 1.29 is 13.9 Å². The van der Waals surface area contributed by atoms with E-state index < -0.39 is 5.82 Å². The number of carbonyl (C=O) groups is 1. The largest absolute Gasteiger partial charge is 0.399 e. The number of ether oxygens (including phenoxy) is 1. The zero-order valence-electron chi connectivity index (χ0n) is 10.4. The number of hydrogen-bond donors (Lipinski definition) is 1. The van der Waals surface area contributed by atoms with Crippen LogP contribution < -0.4 is 5.73 Å². The van der Waals surface area contributed by atoms with Gasteiger partial charge < -0.3 is 15.4 Å². The summed E-state index contributed by atoms with van der Waals surface area (Å²) in [5, 5.41) is 0. The molecule has 0 radical (unpaired) electrons. The van der Waals surface area contributed by atoms with E-state index in [9.17, 15) is 9.18 Å². The maximum absolute atomic E-state index is 13.7. The Bertz CT molecular complexity index is 451. The number of nitrogens with two attached hydrogens (primary N) is 1. The first kappa shape index (κ1) is 12.8. The Balaban J connectivity index is 2.15. The van der Waals surface area contributed by atoms with E-state index >= 15 is 0 Å². The fraction of sp³-hybridized carbons (Fsp3) is 0.462. The standard InChI is InChI=1S/C13H17FN2O2/c1-18-10-3-2-6-16(8-10)13(17)11-5-4-9(15)7-12(11)14/h4-5,7,10H,2-3,6,8,15H2,1H3. The quantitative estimate of drug-likeness (QED) is 0.814. The molecule has 0 bridgehead atoms. The van der Waals surface area contributed by atoms with Crippen molar-refractivity contribution in [3.8, 4) is 0 Å². The number of rotatable bonds is 2. The van der Waals surface area contributed by atoms with E-state index in [1.165, 1.54) is 18.2 Å². The highest BCUT2D eigenvalue weighted by Crippen LogP contribution is 2.18. The molecule has 0 aromatic heterocycles. The van der Waals surface area contributed by atoms with Crippen LogP contribution in [0, 0.1) is 5.82 Å².